The number of likely N-dealkylation sites (N-methyl/N-ethyl adjacent to an activating group) is 1. The Morgan fingerprint density at radius 2 is 1.83 bits per heavy atom. The Kier molecular flexibility index (Phi) is 7.34. The molecule has 0 N–H and O–H groups in total. The van der Waals surface area contributed by atoms with Crippen molar-refractivity contribution in [3.05, 3.63) is 47.5 Å². The van der Waals surface area contributed by atoms with Gasteiger partial charge in [0.05, 0.1) is 11.3 Å². The van der Waals surface area contributed by atoms with Crippen LogP contribution in [0.3, 0.4) is 0 Å². The summed E-state index contributed by atoms with van der Waals surface area (Å²) in [7, 11) is 2.05. The summed E-state index contributed by atoms with van der Waals surface area (Å²) in [5.41, 5.74) is 1.48. The number of nitrogens with zero attached hydrogens (tertiary/aromatic N) is 3. The Bertz CT molecular complexity index is 795. The zero-order chi connectivity index (χ0) is 21.7. The van der Waals surface area contributed by atoms with Gasteiger partial charge in [0.15, 0.2) is 0 Å². The number of amides is 1. The van der Waals surface area contributed by atoms with Crippen molar-refractivity contribution in [1.82, 2.24) is 9.80 Å². The molecule has 1 amide bonds. The van der Waals surface area contributed by atoms with Crippen molar-refractivity contribution in [2.45, 2.75) is 44.2 Å². The van der Waals surface area contributed by atoms with Crippen LogP contribution >= 0.6 is 0 Å². The van der Waals surface area contributed by atoms with Crippen LogP contribution in [0, 0.1) is 0 Å². The lowest BCUT2D eigenvalue weighted by molar-refractivity contribution is -0.138. The van der Waals surface area contributed by atoms with E-state index in [1.807, 2.05) is 0 Å². The Balaban J connectivity index is 1.64. The van der Waals surface area contributed by atoms with Crippen molar-refractivity contribution >= 4 is 11.6 Å². The molecule has 7 heteroatoms. The van der Waals surface area contributed by atoms with Gasteiger partial charge in [-0.15, -0.1) is 0 Å². The van der Waals surface area contributed by atoms with E-state index < -0.39 is 11.7 Å². The summed E-state index contributed by atoms with van der Waals surface area (Å²) in [4.78, 5) is 21.6. The molecule has 0 spiro atoms. The maximum Gasteiger partial charge on any atom is 0.416 e. The molecular weight excluding hydrogens is 391 g/mol. The monoisotopic (exact) mass is 421 g/mol. The number of likely N-dealkylation sites (tertiary alicyclic amines) is 1. The van der Waals surface area contributed by atoms with Crippen LogP contribution in [-0.4, -0.2) is 61.2 Å². The van der Waals surface area contributed by atoms with Gasteiger partial charge in [-0.2, -0.15) is 13.2 Å². The molecule has 1 aromatic rings. The van der Waals surface area contributed by atoms with Crippen molar-refractivity contribution < 1.29 is 18.0 Å². The number of alkyl halides is 3. The predicted octanol–water partition coefficient (Wildman–Crippen LogP) is 4.52. The predicted molar refractivity (Wildman–Crippen MR) is 113 cm³/mol. The largest absolute Gasteiger partial charge is 0.416 e. The van der Waals surface area contributed by atoms with Crippen LogP contribution < -0.4 is 0 Å². The summed E-state index contributed by atoms with van der Waals surface area (Å²) >= 11 is 0. The van der Waals surface area contributed by atoms with Gasteiger partial charge in [-0.05, 0) is 63.2 Å². The van der Waals surface area contributed by atoms with E-state index in [1.54, 1.807) is 17.0 Å². The molecular formula is C23H30F3N3O. The molecule has 2 aliphatic heterocycles. The molecule has 164 valence electrons. The van der Waals surface area contributed by atoms with Crippen LogP contribution in [0.25, 0.3) is 0 Å². The van der Waals surface area contributed by atoms with Gasteiger partial charge in [0.25, 0.3) is 5.91 Å². The van der Waals surface area contributed by atoms with Crippen LogP contribution in [0.2, 0.25) is 0 Å². The van der Waals surface area contributed by atoms with Crippen LogP contribution in [0.1, 0.15) is 49.1 Å². The highest BCUT2D eigenvalue weighted by Crippen LogP contribution is 2.38. The Hall–Kier alpha value is -2.15. The van der Waals surface area contributed by atoms with Crippen molar-refractivity contribution in [3.63, 3.8) is 0 Å². The van der Waals surface area contributed by atoms with Gasteiger partial charge in [0, 0.05) is 26.2 Å². The third-order valence-corrected chi connectivity index (χ3v) is 5.95. The summed E-state index contributed by atoms with van der Waals surface area (Å²) < 4.78 is 40.1. The lowest BCUT2D eigenvalue weighted by Gasteiger charge is -2.33. The third kappa shape index (κ3) is 5.72. The molecule has 0 aliphatic carbocycles. The number of benzene rings is 1. The van der Waals surface area contributed by atoms with Gasteiger partial charge in [-0.25, -0.2) is 0 Å². The second-order valence-corrected chi connectivity index (χ2v) is 8.32. The summed E-state index contributed by atoms with van der Waals surface area (Å²) in [5, 5.41) is 0. The molecule has 0 bridgehead atoms. The first kappa shape index (κ1) is 22.5. The number of carbonyl (C=O) groups is 1. The number of rotatable bonds is 2. The number of hydrogen-bond donors (Lipinski definition) is 0. The van der Waals surface area contributed by atoms with Gasteiger partial charge in [-0.3, -0.25) is 9.79 Å². The Morgan fingerprint density at radius 3 is 2.53 bits per heavy atom. The van der Waals surface area contributed by atoms with Crippen LogP contribution in [0.4, 0.5) is 13.2 Å². The summed E-state index contributed by atoms with van der Waals surface area (Å²) in [6.07, 6.45) is -1.05. The van der Waals surface area contributed by atoms with Gasteiger partial charge >= 0.3 is 6.18 Å². The molecule has 0 saturated carbocycles. The Labute approximate surface area is 176 Å². The summed E-state index contributed by atoms with van der Waals surface area (Å²) in [6.45, 7) is 7.28. The van der Waals surface area contributed by atoms with E-state index in [2.05, 4.69) is 23.5 Å². The summed E-state index contributed by atoms with van der Waals surface area (Å²) in [6, 6.07) is 5.79. The lowest BCUT2D eigenvalue weighted by Crippen LogP contribution is -2.42. The second kappa shape index (κ2) is 9.77. The molecule has 2 aliphatic rings. The first-order chi connectivity index (χ1) is 14.3. The van der Waals surface area contributed by atoms with Gasteiger partial charge in [0.1, 0.15) is 0 Å². The standard InChI is InChI=1S/C23H30F3N3O/c1-17-9-12-27-21(8-5-13-28(2)16-17)22(30)29-14-10-18(11-15-29)19-6-3-4-7-20(19)23(24,25)26/h3-4,6-7,18H,1,5,8-16H2,2H3/b27-21+. The zero-order valence-corrected chi connectivity index (χ0v) is 17.5. The molecule has 0 aromatic heterocycles. The molecule has 1 saturated heterocycles. The minimum absolute atomic E-state index is 0.0635. The smallest absolute Gasteiger partial charge is 0.338 e. The molecule has 4 nitrogen and oxygen atoms in total. The Morgan fingerprint density at radius 1 is 1.13 bits per heavy atom. The first-order valence-corrected chi connectivity index (χ1v) is 10.6. The van der Waals surface area contributed by atoms with E-state index in [4.69, 9.17) is 0 Å². The van der Waals surface area contributed by atoms with Gasteiger partial charge in [-0.1, -0.05) is 30.4 Å². The maximum absolute atomic E-state index is 13.4. The molecule has 0 radical (unpaired) electrons. The van der Waals surface area contributed by atoms with Crippen LogP contribution in [-0.2, 0) is 11.0 Å². The van der Waals surface area contributed by atoms with Crippen molar-refractivity contribution in [1.29, 1.82) is 0 Å². The highest BCUT2D eigenvalue weighted by Gasteiger charge is 2.36. The highest BCUT2D eigenvalue weighted by atomic mass is 19.4. The topological polar surface area (TPSA) is 35.9 Å². The molecule has 0 atom stereocenters. The number of hydrogen-bond acceptors (Lipinski definition) is 3. The first-order valence-electron chi connectivity index (χ1n) is 10.6. The van der Waals surface area contributed by atoms with Gasteiger partial charge in [0.2, 0.25) is 0 Å². The second-order valence-electron chi connectivity index (χ2n) is 8.32. The normalized spacial score (nSPS) is 22.5. The fourth-order valence-electron chi connectivity index (χ4n) is 4.35. The van der Waals surface area contributed by atoms with E-state index in [-0.39, 0.29) is 11.8 Å². The third-order valence-electron chi connectivity index (χ3n) is 5.95. The molecule has 1 fully saturated rings. The molecule has 2 heterocycles. The highest BCUT2D eigenvalue weighted by molar-refractivity contribution is 6.38. The molecule has 3 rings (SSSR count). The maximum atomic E-state index is 13.4. The average molecular weight is 422 g/mol. The average Bonchev–Trinajstić information content (AvgIpc) is 2.71. The van der Waals surface area contributed by atoms with E-state index in [1.165, 1.54) is 6.07 Å². The number of halogens is 3. The van der Waals surface area contributed by atoms with E-state index in [0.717, 1.165) is 37.6 Å². The lowest BCUT2D eigenvalue weighted by atomic mass is 9.86. The van der Waals surface area contributed by atoms with Crippen molar-refractivity contribution in [2.24, 2.45) is 4.99 Å². The van der Waals surface area contributed by atoms with Crippen LogP contribution in [0.5, 0.6) is 0 Å². The number of carbonyl (C=O) groups excluding carboxylic acids is 1. The number of aliphatic imine (C=N–C) groups is 1. The SMILES string of the molecule is C=C1CC/N=C(/C(=O)N2CCC(c3ccccc3C(F)(F)F)CC2)CCCN(C)C1. The minimum atomic E-state index is -4.36. The molecule has 0 unspecified atom stereocenters. The number of piperidine rings is 1. The van der Waals surface area contributed by atoms with Crippen LogP contribution in [0.15, 0.2) is 41.4 Å². The summed E-state index contributed by atoms with van der Waals surface area (Å²) in [5.74, 6) is -0.249. The van der Waals surface area contributed by atoms with Crippen molar-refractivity contribution in [2.75, 3.05) is 39.8 Å². The van der Waals surface area contributed by atoms with E-state index >= 15 is 0 Å². The fourth-order valence-corrected chi connectivity index (χ4v) is 4.35. The fraction of sp³-hybridized carbons (Fsp3) is 0.565. The van der Waals surface area contributed by atoms with E-state index in [9.17, 15) is 18.0 Å². The van der Waals surface area contributed by atoms with E-state index in [0.29, 0.717) is 50.2 Å². The van der Waals surface area contributed by atoms with Gasteiger partial charge < -0.3 is 9.80 Å². The van der Waals surface area contributed by atoms with Crippen molar-refractivity contribution in [3.8, 4) is 0 Å². The minimum Gasteiger partial charge on any atom is -0.338 e. The molecule has 30 heavy (non-hydrogen) atoms. The quantitative estimate of drug-likeness (QED) is 0.658. The zero-order valence-electron chi connectivity index (χ0n) is 17.5. The molecule has 1 aromatic carbocycles.